The van der Waals surface area contributed by atoms with Crippen molar-refractivity contribution in [3.8, 4) is 5.75 Å². The highest BCUT2D eigenvalue weighted by Gasteiger charge is 1.99. The van der Waals surface area contributed by atoms with Crippen LogP contribution in [0.3, 0.4) is 0 Å². The normalized spacial score (nSPS) is 9.73. The molecule has 1 N–H and O–H groups in total. The Morgan fingerprint density at radius 3 is 2.82 bits per heavy atom. The number of aliphatic hydroxyl groups excluding tert-OH is 1. The second-order valence-electron chi connectivity index (χ2n) is 2.02. The zero-order valence-electron chi connectivity index (χ0n) is 6.04. The largest absolute Gasteiger partial charge is 0.497 e. The molecule has 0 heterocycles. The molecule has 0 aliphatic heterocycles. The molecule has 0 saturated carbocycles. The molecule has 1 rings (SSSR count). The van der Waals surface area contributed by atoms with Crippen LogP contribution < -0.4 is 4.74 Å². The fraction of sp³-hybridized carbons (Fsp3) is 0.125. The summed E-state index contributed by atoms with van der Waals surface area (Å²) in [5.41, 5.74) is 0.782. The second-order valence-corrected chi connectivity index (χ2v) is 3.18. The molecule has 0 aromatic heterocycles. The first kappa shape index (κ1) is 8.80. The van der Waals surface area contributed by atoms with Gasteiger partial charge in [0.05, 0.1) is 7.11 Å². The Bertz CT molecular complexity index is 248. The van der Waals surface area contributed by atoms with E-state index in [4.69, 9.17) is 9.84 Å². The van der Waals surface area contributed by atoms with E-state index in [0.29, 0.717) is 0 Å². The van der Waals surface area contributed by atoms with Crippen LogP contribution >= 0.6 is 22.6 Å². The molecule has 1 aromatic rings. The highest BCUT2D eigenvalue weighted by atomic mass is 127. The summed E-state index contributed by atoms with van der Waals surface area (Å²) in [7, 11) is 1.60. The number of methoxy groups -OCH3 is 1. The van der Waals surface area contributed by atoms with Crippen LogP contribution in [0.2, 0.25) is 0 Å². The summed E-state index contributed by atoms with van der Waals surface area (Å²) in [5, 5.41) is 8.75. The average molecular weight is 263 g/mol. The van der Waals surface area contributed by atoms with Crippen LogP contribution in [0.25, 0.3) is 0 Å². The van der Waals surface area contributed by atoms with Gasteiger partial charge in [-0.3, -0.25) is 0 Å². The summed E-state index contributed by atoms with van der Waals surface area (Å²) in [4.78, 5) is 0. The maximum atomic E-state index is 8.75. The first-order valence-corrected chi connectivity index (χ1v) is 4.17. The highest BCUT2D eigenvalue weighted by molar-refractivity contribution is 14.1. The van der Waals surface area contributed by atoms with Crippen LogP contribution in [0.4, 0.5) is 0 Å². The van der Waals surface area contributed by atoms with Crippen molar-refractivity contribution >= 4 is 22.6 Å². The average Bonchev–Trinajstić information content (AvgIpc) is 2.05. The number of aliphatic hydroxyl groups is 1. The predicted molar refractivity (Wildman–Crippen MR) is 51.0 cm³/mol. The van der Waals surface area contributed by atoms with Gasteiger partial charge in [-0.15, -0.1) is 0 Å². The van der Waals surface area contributed by atoms with Crippen molar-refractivity contribution in [2.45, 2.75) is 0 Å². The Morgan fingerprint density at radius 1 is 1.55 bits per heavy atom. The van der Waals surface area contributed by atoms with Gasteiger partial charge in [-0.1, -0.05) is 0 Å². The molecule has 0 bridgehead atoms. The van der Waals surface area contributed by atoms with Gasteiger partial charge in [0, 0.05) is 9.13 Å². The fourth-order valence-electron chi connectivity index (χ4n) is 0.748. The maximum absolute atomic E-state index is 8.75. The molecule has 0 atom stereocenters. The molecule has 11 heavy (non-hydrogen) atoms. The third kappa shape index (κ3) is 2.07. The SMILES string of the molecule is COc1ccc(I)c([CH]O)c1. The van der Waals surface area contributed by atoms with Crippen molar-refractivity contribution < 1.29 is 9.84 Å². The predicted octanol–water partition coefficient (Wildman–Crippen LogP) is 2.18. The highest BCUT2D eigenvalue weighted by Crippen LogP contribution is 2.19. The standard InChI is InChI=1S/C8H8IO2/c1-11-7-2-3-8(9)6(4-7)5-10/h2-5,10H,1H3. The molecule has 59 valence electrons. The van der Waals surface area contributed by atoms with Crippen LogP contribution in [0, 0.1) is 10.2 Å². The van der Waals surface area contributed by atoms with Crippen LogP contribution in [-0.4, -0.2) is 12.2 Å². The third-order valence-corrected chi connectivity index (χ3v) is 2.32. The smallest absolute Gasteiger partial charge is 0.119 e. The zero-order valence-corrected chi connectivity index (χ0v) is 8.20. The summed E-state index contributed by atoms with van der Waals surface area (Å²) in [6.45, 7) is 1.07. The topological polar surface area (TPSA) is 29.5 Å². The second kappa shape index (κ2) is 3.92. The van der Waals surface area contributed by atoms with Crippen molar-refractivity contribution in [1.29, 1.82) is 0 Å². The molecule has 0 aliphatic rings. The molecule has 0 spiro atoms. The first-order chi connectivity index (χ1) is 5.27. The minimum absolute atomic E-state index is 0.755. The molecule has 0 saturated heterocycles. The number of hydrogen-bond acceptors (Lipinski definition) is 2. The molecule has 0 aliphatic carbocycles. The van der Waals surface area contributed by atoms with Gasteiger partial charge >= 0.3 is 0 Å². The van der Waals surface area contributed by atoms with E-state index in [-0.39, 0.29) is 0 Å². The van der Waals surface area contributed by atoms with E-state index in [9.17, 15) is 0 Å². The van der Waals surface area contributed by atoms with Gasteiger partial charge in [0.2, 0.25) is 0 Å². The molecule has 0 unspecified atom stereocenters. The van der Waals surface area contributed by atoms with Crippen LogP contribution in [0.15, 0.2) is 18.2 Å². The zero-order chi connectivity index (χ0) is 8.27. The summed E-state index contributed by atoms with van der Waals surface area (Å²) in [6.07, 6.45) is 0. The number of benzene rings is 1. The molecular weight excluding hydrogens is 255 g/mol. The van der Waals surface area contributed by atoms with E-state index in [1.165, 1.54) is 0 Å². The molecule has 0 amide bonds. The Balaban J connectivity index is 3.02. The molecule has 1 aromatic carbocycles. The first-order valence-electron chi connectivity index (χ1n) is 3.09. The van der Waals surface area contributed by atoms with Crippen molar-refractivity contribution in [1.82, 2.24) is 0 Å². The number of rotatable bonds is 2. The number of ether oxygens (including phenoxy) is 1. The minimum atomic E-state index is 0.755. The lowest BCUT2D eigenvalue weighted by Crippen LogP contribution is -1.88. The van der Waals surface area contributed by atoms with Gasteiger partial charge in [0.15, 0.2) is 0 Å². The minimum Gasteiger partial charge on any atom is -0.497 e. The van der Waals surface area contributed by atoms with Gasteiger partial charge in [-0.05, 0) is 40.8 Å². The Labute approximate surface area is 79.3 Å². The summed E-state index contributed by atoms with van der Waals surface area (Å²) in [6, 6.07) is 5.53. The Morgan fingerprint density at radius 2 is 2.27 bits per heavy atom. The quantitative estimate of drug-likeness (QED) is 0.829. The Kier molecular flexibility index (Phi) is 3.14. The van der Waals surface area contributed by atoms with Crippen LogP contribution in [-0.2, 0) is 0 Å². The van der Waals surface area contributed by atoms with Crippen molar-refractivity contribution in [2.75, 3.05) is 7.11 Å². The summed E-state index contributed by atoms with van der Waals surface area (Å²) < 4.78 is 5.98. The van der Waals surface area contributed by atoms with Crippen LogP contribution in [0.5, 0.6) is 5.75 Å². The number of halogens is 1. The fourth-order valence-corrected chi connectivity index (χ4v) is 1.22. The lowest BCUT2D eigenvalue weighted by molar-refractivity contribution is 0.403. The van der Waals surface area contributed by atoms with E-state index in [1.54, 1.807) is 13.2 Å². The van der Waals surface area contributed by atoms with Crippen molar-refractivity contribution in [3.63, 3.8) is 0 Å². The molecule has 2 nitrogen and oxygen atoms in total. The van der Waals surface area contributed by atoms with Gasteiger partial charge < -0.3 is 9.84 Å². The van der Waals surface area contributed by atoms with E-state index >= 15 is 0 Å². The van der Waals surface area contributed by atoms with E-state index in [0.717, 1.165) is 21.5 Å². The van der Waals surface area contributed by atoms with Crippen molar-refractivity contribution in [2.24, 2.45) is 0 Å². The van der Waals surface area contributed by atoms with Gasteiger partial charge in [0.1, 0.15) is 12.4 Å². The van der Waals surface area contributed by atoms with Gasteiger partial charge in [0.25, 0.3) is 0 Å². The Hall–Kier alpha value is -0.290. The monoisotopic (exact) mass is 263 g/mol. The lowest BCUT2D eigenvalue weighted by Gasteiger charge is -2.03. The van der Waals surface area contributed by atoms with Gasteiger partial charge in [-0.25, -0.2) is 0 Å². The summed E-state index contributed by atoms with van der Waals surface area (Å²) >= 11 is 2.15. The van der Waals surface area contributed by atoms with E-state index < -0.39 is 0 Å². The number of hydrogen-bond donors (Lipinski definition) is 1. The summed E-state index contributed by atoms with van der Waals surface area (Å²) in [5.74, 6) is 0.755. The third-order valence-electron chi connectivity index (χ3n) is 1.34. The molecule has 1 radical (unpaired) electrons. The van der Waals surface area contributed by atoms with Crippen molar-refractivity contribution in [3.05, 3.63) is 33.9 Å². The van der Waals surface area contributed by atoms with E-state index in [1.807, 2.05) is 12.1 Å². The maximum Gasteiger partial charge on any atom is 0.119 e. The van der Waals surface area contributed by atoms with Gasteiger partial charge in [-0.2, -0.15) is 0 Å². The lowest BCUT2D eigenvalue weighted by atomic mass is 10.2. The van der Waals surface area contributed by atoms with Crippen LogP contribution in [0.1, 0.15) is 5.56 Å². The molecular formula is C8H8IO2. The molecule has 0 fully saturated rings. The molecule has 3 heteroatoms. The van der Waals surface area contributed by atoms with E-state index in [2.05, 4.69) is 22.6 Å².